The van der Waals surface area contributed by atoms with Crippen LogP contribution in [0.2, 0.25) is 0 Å². The third kappa shape index (κ3) is 4.25. The van der Waals surface area contributed by atoms with Gasteiger partial charge in [-0.05, 0) is 51.1 Å². The van der Waals surface area contributed by atoms with Crippen LogP contribution in [0.1, 0.15) is 20.8 Å². The fraction of sp³-hybridized carbons (Fsp3) is 0.304. The fourth-order valence-corrected chi connectivity index (χ4v) is 4.68. The first kappa shape index (κ1) is 22.7. The van der Waals surface area contributed by atoms with Crippen LogP contribution in [0.3, 0.4) is 0 Å². The van der Waals surface area contributed by atoms with Crippen molar-refractivity contribution in [2.24, 2.45) is 0 Å². The number of hydrogen-bond acceptors (Lipinski definition) is 6. The average molecular weight is 467 g/mol. The standard InChI is InChI=1S/C23H26N6O3S/c1-4-27-17-12-11-15(13-18(17)28(5-2)23(27)32)24-20(31)14-33-22-26-25-21(29(22)6-3)16-9-7-8-10-19(16)30/h7-13,30H,4-6,14H2,1-3H3,(H,24,31). The molecule has 2 aromatic carbocycles. The summed E-state index contributed by atoms with van der Waals surface area (Å²) in [6, 6.07) is 12.5. The van der Waals surface area contributed by atoms with Gasteiger partial charge in [0.2, 0.25) is 5.91 Å². The second-order valence-corrected chi connectivity index (χ2v) is 8.32. The van der Waals surface area contributed by atoms with E-state index in [9.17, 15) is 14.7 Å². The Bertz CT molecular complexity index is 1370. The fourth-order valence-electron chi connectivity index (χ4n) is 3.88. The number of benzene rings is 2. The van der Waals surface area contributed by atoms with Crippen LogP contribution < -0.4 is 11.0 Å². The summed E-state index contributed by atoms with van der Waals surface area (Å²) in [5.74, 6) is 0.649. The normalized spacial score (nSPS) is 11.2. The number of nitrogens with one attached hydrogen (secondary N) is 1. The summed E-state index contributed by atoms with van der Waals surface area (Å²) in [5.41, 5.74) is 2.83. The number of carbonyl (C=O) groups is 1. The second-order valence-electron chi connectivity index (χ2n) is 7.38. The van der Waals surface area contributed by atoms with Crippen LogP contribution in [0.25, 0.3) is 22.4 Å². The van der Waals surface area contributed by atoms with Gasteiger partial charge in [-0.3, -0.25) is 13.9 Å². The Morgan fingerprint density at radius 3 is 2.36 bits per heavy atom. The average Bonchev–Trinajstić information content (AvgIpc) is 3.34. The highest BCUT2D eigenvalue weighted by Crippen LogP contribution is 2.30. The maximum Gasteiger partial charge on any atom is 0.329 e. The maximum absolute atomic E-state index is 12.6. The molecule has 0 aliphatic rings. The molecule has 0 bridgehead atoms. The van der Waals surface area contributed by atoms with Gasteiger partial charge in [0.25, 0.3) is 0 Å². The number of para-hydroxylation sites is 1. The number of thioether (sulfide) groups is 1. The van der Waals surface area contributed by atoms with E-state index in [0.29, 0.717) is 41.9 Å². The van der Waals surface area contributed by atoms with Crippen molar-refractivity contribution < 1.29 is 9.90 Å². The zero-order chi connectivity index (χ0) is 23.5. The van der Waals surface area contributed by atoms with E-state index in [1.165, 1.54) is 11.8 Å². The van der Waals surface area contributed by atoms with E-state index in [2.05, 4.69) is 15.5 Å². The zero-order valence-electron chi connectivity index (χ0n) is 18.8. The van der Waals surface area contributed by atoms with Gasteiger partial charge in [-0.25, -0.2) is 4.79 Å². The van der Waals surface area contributed by atoms with Gasteiger partial charge < -0.3 is 15.0 Å². The van der Waals surface area contributed by atoms with Crippen LogP contribution in [0.15, 0.2) is 52.4 Å². The molecule has 0 unspecified atom stereocenters. The molecular formula is C23H26N6O3S. The van der Waals surface area contributed by atoms with Gasteiger partial charge in [-0.1, -0.05) is 23.9 Å². The molecule has 0 saturated heterocycles. The Hall–Kier alpha value is -3.53. The molecule has 2 aromatic heterocycles. The summed E-state index contributed by atoms with van der Waals surface area (Å²) in [6.07, 6.45) is 0. The minimum absolute atomic E-state index is 0.0480. The van der Waals surface area contributed by atoms with Crippen LogP contribution in [0.5, 0.6) is 5.75 Å². The Balaban J connectivity index is 1.50. The molecule has 0 fully saturated rings. The van der Waals surface area contributed by atoms with E-state index in [4.69, 9.17) is 0 Å². The minimum Gasteiger partial charge on any atom is -0.507 e. The SMILES string of the molecule is CCn1c(SCC(=O)Nc2ccc3c(c2)n(CC)c(=O)n3CC)nnc1-c1ccccc1O. The number of aromatic nitrogens is 5. The van der Waals surface area contributed by atoms with Crippen molar-refractivity contribution in [3.63, 3.8) is 0 Å². The number of carbonyl (C=O) groups excluding carboxylic acids is 1. The van der Waals surface area contributed by atoms with E-state index in [0.717, 1.165) is 11.0 Å². The summed E-state index contributed by atoms with van der Waals surface area (Å²) < 4.78 is 5.29. The summed E-state index contributed by atoms with van der Waals surface area (Å²) in [5, 5.41) is 22.1. The zero-order valence-corrected chi connectivity index (χ0v) is 19.6. The second kappa shape index (κ2) is 9.53. The number of phenolic OH excluding ortho intramolecular Hbond substituents is 1. The molecule has 4 rings (SSSR count). The molecule has 0 spiro atoms. The molecule has 2 N–H and O–H groups in total. The maximum atomic E-state index is 12.6. The molecule has 10 heteroatoms. The van der Waals surface area contributed by atoms with Crippen molar-refractivity contribution in [1.82, 2.24) is 23.9 Å². The Morgan fingerprint density at radius 2 is 1.67 bits per heavy atom. The summed E-state index contributed by atoms with van der Waals surface area (Å²) in [7, 11) is 0. The lowest BCUT2D eigenvalue weighted by Gasteiger charge is -2.09. The number of imidazole rings is 1. The quantitative estimate of drug-likeness (QED) is 0.385. The number of hydrogen-bond donors (Lipinski definition) is 2. The van der Waals surface area contributed by atoms with E-state index in [1.807, 2.05) is 43.5 Å². The number of aromatic hydroxyl groups is 1. The third-order valence-electron chi connectivity index (χ3n) is 5.45. The highest BCUT2D eigenvalue weighted by Gasteiger charge is 2.17. The smallest absolute Gasteiger partial charge is 0.329 e. The van der Waals surface area contributed by atoms with E-state index in [-0.39, 0.29) is 23.1 Å². The van der Waals surface area contributed by atoms with Gasteiger partial charge in [0.05, 0.1) is 22.3 Å². The minimum atomic E-state index is -0.186. The van der Waals surface area contributed by atoms with Gasteiger partial charge in [-0.2, -0.15) is 0 Å². The molecule has 0 saturated carbocycles. The van der Waals surface area contributed by atoms with Crippen molar-refractivity contribution in [2.45, 2.75) is 45.6 Å². The van der Waals surface area contributed by atoms with Crippen LogP contribution in [-0.4, -0.2) is 40.7 Å². The largest absolute Gasteiger partial charge is 0.507 e. The van der Waals surface area contributed by atoms with Crippen LogP contribution in [-0.2, 0) is 24.4 Å². The number of nitrogens with zero attached hydrogens (tertiary/aromatic N) is 5. The van der Waals surface area contributed by atoms with Crippen molar-refractivity contribution in [1.29, 1.82) is 0 Å². The number of aryl methyl sites for hydroxylation is 2. The van der Waals surface area contributed by atoms with E-state index < -0.39 is 0 Å². The molecule has 33 heavy (non-hydrogen) atoms. The lowest BCUT2D eigenvalue weighted by Crippen LogP contribution is -2.23. The van der Waals surface area contributed by atoms with E-state index >= 15 is 0 Å². The lowest BCUT2D eigenvalue weighted by molar-refractivity contribution is -0.113. The highest BCUT2D eigenvalue weighted by atomic mass is 32.2. The Morgan fingerprint density at radius 1 is 0.970 bits per heavy atom. The van der Waals surface area contributed by atoms with Crippen LogP contribution in [0.4, 0.5) is 5.69 Å². The molecule has 0 radical (unpaired) electrons. The molecular weight excluding hydrogens is 440 g/mol. The van der Waals surface area contributed by atoms with Gasteiger partial charge in [0.1, 0.15) is 5.75 Å². The molecule has 0 aliphatic carbocycles. The number of anilines is 1. The number of amides is 1. The summed E-state index contributed by atoms with van der Waals surface area (Å²) in [6.45, 7) is 7.57. The summed E-state index contributed by atoms with van der Waals surface area (Å²) in [4.78, 5) is 25.2. The van der Waals surface area contributed by atoms with Gasteiger partial charge in [0.15, 0.2) is 11.0 Å². The molecule has 0 aliphatic heterocycles. The van der Waals surface area contributed by atoms with Gasteiger partial charge in [-0.15, -0.1) is 10.2 Å². The molecule has 1 amide bonds. The van der Waals surface area contributed by atoms with Crippen molar-refractivity contribution >= 4 is 34.4 Å². The summed E-state index contributed by atoms with van der Waals surface area (Å²) >= 11 is 1.28. The monoisotopic (exact) mass is 466 g/mol. The third-order valence-corrected chi connectivity index (χ3v) is 6.41. The number of phenols is 1. The predicted octanol–water partition coefficient (Wildman–Crippen LogP) is 3.56. The predicted molar refractivity (Wildman–Crippen MR) is 130 cm³/mol. The van der Waals surface area contributed by atoms with Gasteiger partial charge in [0, 0.05) is 25.3 Å². The first-order valence-electron chi connectivity index (χ1n) is 10.9. The first-order valence-corrected chi connectivity index (χ1v) is 11.8. The molecule has 172 valence electrons. The Kier molecular flexibility index (Phi) is 6.55. The topological polar surface area (TPSA) is 107 Å². The van der Waals surface area contributed by atoms with Crippen molar-refractivity contribution in [3.05, 3.63) is 52.9 Å². The lowest BCUT2D eigenvalue weighted by atomic mass is 10.2. The first-order chi connectivity index (χ1) is 16.0. The molecule has 2 heterocycles. The molecule has 4 aromatic rings. The number of rotatable bonds is 8. The van der Waals surface area contributed by atoms with Gasteiger partial charge >= 0.3 is 5.69 Å². The number of fused-ring (bicyclic) bond motifs is 1. The van der Waals surface area contributed by atoms with E-state index in [1.54, 1.807) is 33.4 Å². The Labute approximate surface area is 195 Å². The van der Waals surface area contributed by atoms with Crippen LogP contribution in [0, 0.1) is 0 Å². The highest BCUT2D eigenvalue weighted by molar-refractivity contribution is 7.99. The van der Waals surface area contributed by atoms with Crippen LogP contribution >= 0.6 is 11.8 Å². The molecule has 0 atom stereocenters. The van der Waals surface area contributed by atoms with Crippen molar-refractivity contribution in [2.75, 3.05) is 11.1 Å². The van der Waals surface area contributed by atoms with Crippen molar-refractivity contribution in [3.8, 4) is 17.1 Å². The molecule has 9 nitrogen and oxygen atoms in total.